The van der Waals surface area contributed by atoms with Crippen LogP contribution >= 0.6 is 0 Å². The summed E-state index contributed by atoms with van der Waals surface area (Å²) < 4.78 is 6.93. The van der Waals surface area contributed by atoms with E-state index >= 15 is 0 Å². The molecule has 1 aromatic heterocycles. The van der Waals surface area contributed by atoms with Crippen molar-refractivity contribution in [3.63, 3.8) is 0 Å². The molecule has 0 radical (unpaired) electrons. The van der Waals surface area contributed by atoms with Gasteiger partial charge in [0.25, 0.3) is 5.91 Å². The molecule has 1 heterocycles. The Hall–Kier alpha value is -2.30. The van der Waals surface area contributed by atoms with Crippen molar-refractivity contribution < 1.29 is 9.53 Å². The van der Waals surface area contributed by atoms with E-state index in [2.05, 4.69) is 10.4 Å². The van der Waals surface area contributed by atoms with E-state index in [1.54, 1.807) is 11.8 Å². The maximum absolute atomic E-state index is 12.3. The summed E-state index contributed by atoms with van der Waals surface area (Å²) in [5.74, 6) is 0.706. The van der Waals surface area contributed by atoms with E-state index in [-0.39, 0.29) is 11.9 Å². The maximum Gasteiger partial charge on any atom is 0.255 e. The summed E-state index contributed by atoms with van der Waals surface area (Å²) in [6.07, 6.45) is 0. The Morgan fingerprint density at radius 1 is 1.24 bits per heavy atom. The zero-order valence-electron chi connectivity index (χ0n) is 13.1. The summed E-state index contributed by atoms with van der Waals surface area (Å²) in [5.41, 5.74) is 3.09. The molecule has 1 N–H and O–H groups in total. The largest absolute Gasteiger partial charge is 0.497 e. The normalized spacial score (nSPS) is 10.8. The Kier molecular flexibility index (Phi) is 4.31. The monoisotopic (exact) mass is 287 g/mol. The Labute approximate surface area is 124 Å². The average molecular weight is 287 g/mol. The molecule has 5 heteroatoms. The van der Waals surface area contributed by atoms with Gasteiger partial charge in [-0.3, -0.25) is 4.79 Å². The molecule has 0 spiro atoms. The highest BCUT2D eigenvalue weighted by atomic mass is 16.5. The van der Waals surface area contributed by atoms with Gasteiger partial charge in [-0.1, -0.05) is 0 Å². The second-order valence-electron chi connectivity index (χ2n) is 5.28. The number of carbonyl (C=O) groups is 1. The molecule has 0 aliphatic rings. The number of hydrogen-bond acceptors (Lipinski definition) is 3. The molecule has 1 aromatic carbocycles. The van der Waals surface area contributed by atoms with E-state index < -0.39 is 0 Å². The quantitative estimate of drug-likeness (QED) is 0.940. The molecule has 0 aliphatic carbocycles. The Morgan fingerprint density at radius 2 is 1.86 bits per heavy atom. The molecule has 1 amide bonds. The number of aryl methyl sites for hydroxylation is 1. The number of nitrogens with one attached hydrogen (secondary N) is 1. The first-order valence-corrected chi connectivity index (χ1v) is 6.95. The summed E-state index contributed by atoms with van der Waals surface area (Å²) in [7, 11) is 1.63. The number of hydrogen-bond donors (Lipinski definition) is 1. The topological polar surface area (TPSA) is 56.2 Å². The zero-order valence-corrected chi connectivity index (χ0v) is 13.1. The number of aromatic nitrogens is 2. The van der Waals surface area contributed by atoms with Gasteiger partial charge in [-0.05, 0) is 52.0 Å². The number of ether oxygens (including phenoxy) is 1. The van der Waals surface area contributed by atoms with E-state index in [1.807, 2.05) is 52.0 Å². The smallest absolute Gasteiger partial charge is 0.255 e. The third kappa shape index (κ3) is 3.07. The van der Waals surface area contributed by atoms with Crippen LogP contribution in [0.15, 0.2) is 24.3 Å². The first-order chi connectivity index (χ1) is 9.93. The molecule has 2 aromatic rings. The van der Waals surface area contributed by atoms with Crippen molar-refractivity contribution in [1.82, 2.24) is 15.1 Å². The van der Waals surface area contributed by atoms with Crippen molar-refractivity contribution in [2.24, 2.45) is 0 Å². The van der Waals surface area contributed by atoms with Crippen LogP contribution in [0.4, 0.5) is 0 Å². The van der Waals surface area contributed by atoms with Crippen LogP contribution in [0.3, 0.4) is 0 Å². The van der Waals surface area contributed by atoms with Crippen molar-refractivity contribution in [2.75, 3.05) is 7.11 Å². The van der Waals surface area contributed by atoms with Crippen LogP contribution in [0, 0.1) is 13.8 Å². The molecule has 0 aliphatic heterocycles. The fourth-order valence-electron chi connectivity index (χ4n) is 2.28. The van der Waals surface area contributed by atoms with Gasteiger partial charge in [0.05, 0.1) is 29.7 Å². The number of benzene rings is 1. The minimum absolute atomic E-state index is 0.0836. The molecule has 0 atom stereocenters. The third-order valence-electron chi connectivity index (χ3n) is 3.26. The lowest BCUT2D eigenvalue weighted by Crippen LogP contribution is -2.30. The lowest BCUT2D eigenvalue weighted by atomic mass is 10.1. The molecule has 0 fully saturated rings. The van der Waals surface area contributed by atoms with Crippen LogP contribution in [-0.4, -0.2) is 28.8 Å². The van der Waals surface area contributed by atoms with Crippen molar-refractivity contribution in [1.29, 1.82) is 0 Å². The standard InChI is InChI=1S/C16H21N3O2/c1-10(2)17-16(20)15-11(3)18-19(12(15)4)13-6-8-14(21-5)9-7-13/h6-10H,1-5H3,(H,17,20). The van der Waals surface area contributed by atoms with E-state index in [0.29, 0.717) is 5.56 Å². The van der Waals surface area contributed by atoms with Crippen molar-refractivity contribution in [3.8, 4) is 11.4 Å². The van der Waals surface area contributed by atoms with E-state index in [1.165, 1.54) is 0 Å². The predicted molar refractivity (Wildman–Crippen MR) is 82.2 cm³/mol. The van der Waals surface area contributed by atoms with E-state index in [9.17, 15) is 4.79 Å². The summed E-state index contributed by atoms with van der Waals surface area (Å²) in [6.45, 7) is 7.63. The molecule has 5 nitrogen and oxygen atoms in total. The number of nitrogens with zero attached hydrogens (tertiary/aromatic N) is 2. The number of carbonyl (C=O) groups excluding carboxylic acids is 1. The Morgan fingerprint density at radius 3 is 2.38 bits per heavy atom. The molecular formula is C16H21N3O2. The minimum Gasteiger partial charge on any atom is -0.497 e. The van der Waals surface area contributed by atoms with Crippen molar-refractivity contribution in [2.45, 2.75) is 33.7 Å². The maximum atomic E-state index is 12.3. The predicted octanol–water partition coefficient (Wildman–Crippen LogP) is 2.64. The molecule has 0 saturated heterocycles. The van der Waals surface area contributed by atoms with Crippen molar-refractivity contribution in [3.05, 3.63) is 41.2 Å². The van der Waals surface area contributed by atoms with Gasteiger partial charge >= 0.3 is 0 Å². The van der Waals surface area contributed by atoms with Gasteiger partial charge in [0.1, 0.15) is 5.75 Å². The Bertz CT molecular complexity index is 642. The molecular weight excluding hydrogens is 266 g/mol. The van der Waals surface area contributed by atoms with Crippen molar-refractivity contribution >= 4 is 5.91 Å². The molecule has 0 bridgehead atoms. The van der Waals surface area contributed by atoms with Gasteiger partial charge in [0.2, 0.25) is 0 Å². The summed E-state index contributed by atoms with van der Waals surface area (Å²) in [4.78, 5) is 12.3. The van der Waals surface area contributed by atoms with Crippen LogP contribution in [0.25, 0.3) is 5.69 Å². The highest BCUT2D eigenvalue weighted by Gasteiger charge is 2.19. The lowest BCUT2D eigenvalue weighted by molar-refractivity contribution is 0.0942. The second-order valence-corrected chi connectivity index (χ2v) is 5.28. The fourth-order valence-corrected chi connectivity index (χ4v) is 2.28. The van der Waals surface area contributed by atoms with Gasteiger partial charge < -0.3 is 10.1 Å². The van der Waals surface area contributed by atoms with Crippen LogP contribution < -0.4 is 10.1 Å². The zero-order chi connectivity index (χ0) is 15.6. The van der Waals surface area contributed by atoms with Gasteiger partial charge in [0.15, 0.2) is 0 Å². The number of rotatable bonds is 4. The molecule has 0 unspecified atom stereocenters. The summed E-state index contributed by atoms with van der Waals surface area (Å²) in [6, 6.07) is 7.69. The lowest BCUT2D eigenvalue weighted by Gasteiger charge is -2.09. The summed E-state index contributed by atoms with van der Waals surface area (Å²) >= 11 is 0. The molecule has 0 saturated carbocycles. The van der Waals surface area contributed by atoms with Gasteiger partial charge in [-0.25, -0.2) is 4.68 Å². The summed E-state index contributed by atoms with van der Waals surface area (Å²) in [5, 5.41) is 7.39. The van der Waals surface area contributed by atoms with Gasteiger partial charge in [-0.2, -0.15) is 5.10 Å². The minimum atomic E-state index is -0.0836. The van der Waals surface area contributed by atoms with E-state index in [4.69, 9.17) is 4.74 Å². The van der Waals surface area contributed by atoms with Gasteiger partial charge in [0, 0.05) is 6.04 Å². The third-order valence-corrected chi connectivity index (χ3v) is 3.26. The highest BCUT2D eigenvalue weighted by Crippen LogP contribution is 2.20. The van der Waals surface area contributed by atoms with E-state index in [0.717, 1.165) is 22.8 Å². The average Bonchev–Trinajstić information content (AvgIpc) is 2.73. The van der Waals surface area contributed by atoms with Crippen LogP contribution in [0.2, 0.25) is 0 Å². The van der Waals surface area contributed by atoms with Crippen LogP contribution in [0.5, 0.6) is 5.75 Å². The first kappa shape index (κ1) is 15.1. The van der Waals surface area contributed by atoms with Crippen LogP contribution in [-0.2, 0) is 0 Å². The van der Waals surface area contributed by atoms with Crippen LogP contribution in [0.1, 0.15) is 35.6 Å². The second kappa shape index (κ2) is 5.99. The molecule has 112 valence electrons. The molecule has 2 rings (SSSR count). The number of methoxy groups -OCH3 is 1. The molecule has 21 heavy (non-hydrogen) atoms. The fraction of sp³-hybridized carbons (Fsp3) is 0.375. The Balaban J connectivity index is 2.40. The van der Waals surface area contributed by atoms with Gasteiger partial charge in [-0.15, -0.1) is 0 Å². The number of amides is 1. The SMILES string of the molecule is COc1ccc(-n2nc(C)c(C(=O)NC(C)C)c2C)cc1. The first-order valence-electron chi connectivity index (χ1n) is 6.95. The highest BCUT2D eigenvalue weighted by molar-refractivity contribution is 5.96.